The summed E-state index contributed by atoms with van der Waals surface area (Å²) >= 11 is 5.82. The van der Waals surface area contributed by atoms with Crippen molar-refractivity contribution in [3.8, 4) is 11.5 Å². The van der Waals surface area contributed by atoms with Gasteiger partial charge in [0.05, 0.1) is 6.61 Å². The van der Waals surface area contributed by atoms with Crippen molar-refractivity contribution < 1.29 is 9.84 Å². The van der Waals surface area contributed by atoms with Gasteiger partial charge in [-0.2, -0.15) is 0 Å². The van der Waals surface area contributed by atoms with Crippen LogP contribution in [0, 0.1) is 0 Å². The molecule has 0 spiro atoms. The van der Waals surface area contributed by atoms with Crippen LogP contribution in [0.5, 0.6) is 11.5 Å². The van der Waals surface area contributed by atoms with Crippen molar-refractivity contribution in [2.45, 2.75) is 12.5 Å². The first kappa shape index (κ1) is 13.9. The third-order valence-electron chi connectivity index (χ3n) is 2.68. The molecule has 0 saturated heterocycles. The van der Waals surface area contributed by atoms with Crippen LogP contribution in [0.3, 0.4) is 0 Å². The summed E-state index contributed by atoms with van der Waals surface area (Å²) in [6.45, 7) is -0.0255. The van der Waals surface area contributed by atoms with E-state index in [9.17, 15) is 0 Å². The minimum Gasteiger partial charge on any atom is -0.457 e. The quantitative estimate of drug-likeness (QED) is 0.883. The highest BCUT2D eigenvalue weighted by molar-refractivity contribution is 6.30. The summed E-state index contributed by atoms with van der Waals surface area (Å²) < 4.78 is 5.73. The van der Waals surface area contributed by atoms with Crippen molar-refractivity contribution >= 4 is 11.6 Å². The molecular formula is C15H16ClNO2. The Kier molecular flexibility index (Phi) is 4.80. The lowest BCUT2D eigenvalue weighted by molar-refractivity contribution is 0.265. The topological polar surface area (TPSA) is 55.5 Å². The number of nitrogens with two attached hydrogens (primary N) is 1. The highest BCUT2D eigenvalue weighted by Crippen LogP contribution is 2.24. The zero-order chi connectivity index (χ0) is 13.7. The molecule has 3 nitrogen and oxygen atoms in total. The van der Waals surface area contributed by atoms with E-state index in [0.29, 0.717) is 11.4 Å². The largest absolute Gasteiger partial charge is 0.457 e. The average molecular weight is 278 g/mol. The zero-order valence-electron chi connectivity index (χ0n) is 10.4. The van der Waals surface area contributed by atoms with Gasteiger partial charge in [-0.25, -0.2) is 0 Å². The van der Waals surface area contributed by atoms with Gasteiger partial charge in [0.15, 0.2) is 0 Å². The zero-order valence-corrected chi connectivity index (χ0v) is 11.2. The molecule has 2 aromatic carbocycles. The van der Waals surface area contributed by atoms with Crippen LogP contribution in [0.25, 0.3) is 0 Å². The number of rotatable bonds is 5. The molecule has 2 aromatic rings. The average Bonchev–Trinajstić information content (AvgIpc) is 2.42. The molecule has 0 bridgehead atoms. The van der Waals surface area contributed by atoms with Crippen LogP contribution in [0.1, 0.15) is 5.56 Å². The van der Waals surface area contributed by atoms with Gasteiger partial charge < -0.3 is 15.6 Å². The van der Waals surface area contributed by atoms with E-state index in [-0.39, 0.29) is 12.6 Å². The number of aliphatic hydroxyl groups is 1. The number of aliphatic hydroxyl groups excluding tert-OH is 1. The van der Waals surface area contributed by atoms with Gasteiger partial charge in [-0.1, -0.05) is 23.7 Å². The van der Waals surface area contributed by atoms with Crippen LogP contribution in [-0.4, -0.2) is 17.8 Å². The molecule has 0 saturated carbocycles. The Morgan fingerprint density at radius 1 is 1.11 bits per heavy atom. The van der Waals surface area contributed by atoms with Crippen LogP contribution in [-0.2, 0) is 6.42 Å². The molecule has 4 heteroatoms. The maximum Gasteiger partial charge on any atom is 0.127 e. The van der Waals surface area contributed by atoms with Crippen LogP contribution >= 0.6 is 11.6 Å². The van der Waals surface area contributed by atoms with E-state index in [1.54, 1.807) is 12.1 Å². The second kappa shape index (κ2) is 6.57. The van der Waals surface area contributed by atoms with Gasteiger partial charge >= 0.3 is 0 Å². The molecule has 19 heavy (non-hydrogen) atoms. The van der Waals surface area contributed by atoms with Gasteiger partial charge in [0.25, 0.3) is 0 Å². The normalized spacial score (nSPS) is 12.2. The van der Waals surface area contributed by atoms with Gasteiger partial charge in [-0.15, -0.1) is 0 Å². The number of hydrogen-bond acceptors (Lipinski definition) is 3. The van der Waals surface area contributed by atoms with Crippen molar-refractivity contribution in [2.75, 3.05) is 6.61 Å². The summed E-state index contributed by atoms with van der Waals surface area (Å²) in [6, 6.07) is 14.6. The lowest BCUT2D eigenvalue weighted by Crippen LogP contribution is -2.26. The second-order valence-electron chi connectivity index (χ2n) is 4.35. The first-order valence-corrected chi connectivity index (χ1v) is 6.44. The highest BCUT2D eigenvalue weighted by Gasteiger charge is 2.04. The molecule has 0 radical (unpaired) electrons. The Morgan fingerprint density at radius 2 is 1.84 bits per heavy atom. The molecule has 0 aliphatic carbocycles. The molecule has 1 unspecified atom stereocenters. The Hall–Kier alpha value is -1.55. The van der Waals surface area contributed by atoms with Crippen LogP contribution in [0.2, 0.25) is 5.02 Å². The predicted molar refractivity (Wildman–Crippen MR) is 76.7 cm³/mol. The fourth-order valence-electron chi connectivity index (χ4n) is 1.74. The second-order valence-corrected chi connectivity index (χ2v) is 4.79. The molecule has 0 fully saturated rings. The standard InChI is InChI=1S/C15H16ClNO2/c16-12-4-6-14(7-5-12)19-15-3-1-2-11(9-15)8-13(17)10-18/h1-7,9,13,18H,8,10,17H2. The molecular weight excluding hydrogens is 262 g/mol. The maximum absolute atomic E-state index is 8.96. The number of benzene rings is 2. The fraction of sp³-hybridized carbons (Fsp3) is 0.200. The van der Waals surface area contributed by atoms with Gasteiger partial charge in [-0.3, -0.25) is 0 Å². The molecule has 1 atom stereocenters. The molecule has 0 aliphatic rings. The SMILES string of the molecule is NC(CO)Cc1cccc(Oc2ccc(Cl)cc2)c1. The minimum absolute atomic E-state index is 0.0255. The summed E-state index contributed by atoms with van der Waals surface area (Å²) in [6.07, 6.45) is 0.619. The van der Waals surface area contributed by atoms with Gasteiger partial charge in [0, 0.05) is 11.1 Å². The van der Waals surface area contributed by atoms with Gasteiger partial charge in [0.1, 0.15) is 11.5 Å². The number of halogens is 1. The van der Waals surface area contributed by atoms with E-state index in [1.165, 1.54) is 0 Å². The number of hydrogen-bond donors (Lipinski definition) is 2. The molecule has 100 valence electrons. The molecule has 3 N–H and O–H groups in total. The minimum atomic E-state index is -0.245. The Labute approximate surface area is 117 Å². The molecule has 0 heterocycles. The van der Waals surface area contributed by atoms with Crippen molar-refractivity contribution in [1.29, 1.82) is 0 Å². The van der Waals surface area contributed by atoms with Crippen molar-refractivity contribution in [3.63, 3.8) is 0 Å². The van der Waals surface area contributed by atoms with E-state index >= 15 is 0 Å². The molecule has 0 amide bonds. The van der Waals surface area contributed by atoms with Crippen LogP contribution in [0.4, 0.5) is 0 Å². The van der Waals surface area contributed by atoms with E-state index in [2.05, 4.69) is 0 Å². The summed E-state index contributed by atoms with van der Waals surface area (Å²) in [4.78, 5) is 0. The predicted octanol–water partition coefficient (Wildman–Crippen LogP) is 2.99. The molecule has 0 aromatic heterocycles. The number of ether oxygens (including phenoxy) is 1. The van der Waals surface area contributed by atoms with Crippen molar-refractivity contribution in [2.24, 2.45) is 5.73 Å². The first-order valence-electron chi connectivity index (χ1n) is 6.06. The molecule has 2 rings (SSSR count). The monoisotopic (exact) mass is 277 g/mol. The third kappa shape index (κ3) is 4.24. The van der Waals surface area contributed by atoms with Gasteiger partial charge in [0.2, 0.25) is 0 Å². The van der Waals surface area contributed by atoms with E-state index in [0.717, 1.165) is 17.1 Å². The molecule has 0 aliphatic heterocycles. The van der Waals surface area contributed by atoms with E-state index in [1.807, 2.05) is 36.4 Å². The van der Waals surface area contributed by atoms with Gasteiger partial charge in [-0.05, 0) is 48.4 Å². The lowest BCUT2D eigenvalue weighted by Gasteiger charge is -2.10. The lowest BCUT2D eigenvalue weighted by atomic mass is 10.1. The summed E-state index contributed by atoms with van der Waals surface area (Å²) in [5, 5.41) is 9.63. The van der Waals surface area contributed by atoms with Crippen molar-refractivity contribution in [3.05, 3.63) is 59.1 Å². The summed E-state index contributed by atoms with van der Waals surface area (Å²) in [7, 11) is 0. The smallest absolute Gasteiger partial charge is 0.127 e. The first-order chi connectivity index (χ1) is 9.17. The fourth-order valence-corrected chi connectivity index (χ4v) is 1.87. The summed E-state index contributed by atoms with van der Waals surface area (Å²) in [5.74, 6) is 1.47. The highest BCUT2D eigenvalue weighted by atomic mass is 35.5. The van der Waals surface area contributed by atoms with Crippen LogP contribution < -0.4 is 10.5 Å². The Morgan fingerprint density at radius 3 is 2.53 bits per heavy atom. The Bertz CT molecular complexity index is 528. The Balaban J connectivity index is 2.08. The van der Waals surface area contributed by atoms with E-state index < -0.39 is 0 Å². The summed E-state index contributed by atoms with van der Waals surface area (Å²) in [5.41, 5.74) is 6.75. The maximum atomic E-state index is 8.96. The van der Waals surface area contributed by atoms with E-state index in [4.69, 9.17) is 27.2 Å². The van der Waals surface area contributed by atoms with Crippen molar-refractivity contribution in [1.82, 2.24) is 0 Å². The third-order valence-corrected chi connectivity index (χ3v) is 2.93. The van der Waals surface area contributed by atoms with Crippen LogP contribution in [0.15, 0.2) is 48.5 Å².